The highest BCUT2D eigenvalue weighted by Gasteiger charge is 2.53. The molecule has 1 saturated carbocycles. The Kier molecular flexibility index (Phi) is 25.8. The molecule has 3 heterocycles. The van der Waals surface area contributed by atoms with Crippen molar-refractivity contribution in [3.8, 4) is 0 Å². The molecular formula is C56H88N2O15. The minimum atomic E-state index is -2.49. The van der Waals surface area contributed by atoms with Crippen LogP contribution in [0.15, 0.2) is 47.6 Å². The standard InChI is InChI=1S/C56H88N2O15/c1-35-16-11-10-12-17-36(2)47(70-28-15-19-49(61)57-7)34-43-23-20-40(6)56(67,73-43)53(64)54(65)58-26-14-13-18-44(58)55(66)72-42(24-21-41-22-25-46(71-29-27-59)48(32-41)68-8)33-45(60)37(3)31-39(5)51(63)52(69-9)50(62)38(4)30-35/h10-12,16-17,31,35,37-38,40-44,46-48,51-52,59,63,67H,13-15,18-30,32-34H2,1-9H3,(H,57,61)/b12-10+,16-11+,36-17+,39-31+/t35-,37-,38-,40-,41?,42?,43+,44+,46-,47-,48-,51-,52+,56-/m1/s1. The third-order valence-corrected chi connectivity index (χ3v) is 15.3. The van der Waals surface area contributed by atoms with Crippen molar-refractivity contribution in [3.63, 3.8) is 0 Å². The number of piperidine rings is 1. The minimum absolute atomic E-state index is 0.0191. The van der Waals surface area contributed by atoms with Gasteiger partial charge < -0.3 is 54.0 Å². The van der Waals surface area contributed by atoms with Crippen LogP contribution in [-0.2, 0) is 57.2 Å². The first-order valence-corrected chi connectivity index (χ1v) is 26.8. The van der Waals surface area contributed by atoms with Gasteiger partial charge in [-0.3, -0.25) is 24.0 Å². The summed E-state index contributed by atoms with van der Waals surface area (Å²) in [6.45, 7) is 11.1. The van der Waals surface area contributed by atoms with Gasteiger partial charge >= 0.3 is 5.97 Å². The molecule has 17 nitrogen and oxygen atoms in total. The number of aliphatic hydroxyl groups is 3. The molecule has 0 aromatic rings. The summed E-state index contributed by atoms with van der Waals surface area (Å²) in [7, 11) is 4.56. The third kappa shape index (κ3) is 18.1. The zero-order valence-corrected chi connectivity index (χ0v) is 45.1. The second kappa shape index (κ2) is 30.6. The normalized spacial score (nSPS) is 36.7. The summed E-state index contributed by atoms with van der Waals surface area (Å²) in [6.07, 6.45) is 12.4. The number of cyclic esters (lactones) is 1. The summed E-state index contributed by atoms with van der Waals surface area (Å²) in [4.78, 5) is 84.3. The molecule has 4 aliphatic rings. The smallest absolute Gasteiger partial charge is 0.329 e. The molecule has 4 rings (SSSR count). The summed E-state index contributed by atoms with van der Waals surface area (Å²) in [5.74, 6) is -8.01. The lowest BCUT2D eigenvalue weighted by Crippen LogP contribution is -2.60. The largest absolute Gasteiger partial charge is 0.460 e. The molecule has 73 heavy (non-hydrogen) atoms. The van der Waals surface area contributed by atoms with Gasteiger partial charge in [-0.05, 0) is 114 Å². The number of nitrogens with one attached hydrogen (secondary N) is 1. The molecular weight excluding hydrogens is 941 g/mol. The van der Waals surface area contributed by atoms with Crippen molar-refractivity contribution in [2.75, 3.05) is 47.6 Å². The quantitative estimate of drug-likeness (QED) is 0.0734. The zero-order valence-electron chi connectivity index (χ0n) is 45.1. The van der Waals surface area contributed by atoms with Crippen molar-refractivity contribution in [2.24, 2.45) is 29.6 Å². The van der Waals surface area contributed by atoms with E-state index in [2.05, 4.69) is 5.32 Å². The summed E-state index contributed by atoms with van der Waals surface area (Å²) >= 11 is 0. The van der Waals surface area contributed by atoms with Gasteiger partial charge in [0.05, 0.1) is 37.6 Å². The fraction of sp³-hybridized carbons (Fsp3) is 0.750. The van der Waals surface area contributed by atoms with Gasteiger partial charge in [0.15, 0.2) is 5.78 Å². The van der Waals surface area contributed by atoms with E-state index in [4.69, 9.17) is 28.4 Å². The number of ketones is 3. The van der Waals surface area contributed by atoms with Crippen LogP contribution in [0.1, 0.15) is 138 Å². The fourth-order valence-electron chi connectivity index (χ4n) is 10.7. The second-order valence-electron chi connectivity index (χ2n) is 21.0. The van der Waals surface area contributed by atoms with Crippen LogP contribution in [0.25, 0.3) is 0 Å². The molecule has 2 bridgehead atoms. The SMILES string of the molecule is CNC(=O)CCCO[C@@H]1C[C@@H]2CC[C@@H](C)[C@@](O)(O2)C(=O)C(=O)N2CCCC[C@H]2C(=O)OC(CCC2CC[C@@H](OCCO)[C@H](OC)C2)CC(=O)[C@H](C)/C=C(\C)[C@@H](O)[C@@H](OC)C(=O)[C@H](C)C[C@H](C)/C=C/C=C/C=C/1C. The highest BCUT2D eigenvalue weighted by atomic mass is 16.6. The molecule has 14 atom stereocenters. The van der Waals surface area contributed by atoms with Gasteiger partial charge in [-0.15, -0.1) is 0 Å². The topological polar surface area (TPSA) is 234 Å². The number of allylic oxidation sites excluding steroid dienone is 6. The number of rotatable bonds is 13. The number of hydrogen-bond acceptors (Lipinski definition) is 15. The molecule has 2 unspecified atom stereocenters. The van der Waals surface area contributed by atoms with Gasteiger partial charge in [0.2, 0.25) is 11.7 Å². The van der Waals surface area contributed by atoms with E-state index in [0.717, 1.165) is 12.0 Å². The van der Waals surface area contributed by atoms with Crippen LogP contribution in [-0.4, -0.2) is 158 Å². The Bertz CT molecular complexity index is 1950. The number of fused-ring (bicyclic) bond motifs is 3. The van der Waals surface area contributed by atoms with Gasteiger partial charge in [0.25, 0.3) is 11.7 Å². The first-order chi connectivity index (χ1) is 34.8. The molecule has 3 fully saturated rings. The lowest BCUT2D eigenvalue weighted by atomic mass is 9.81. The number of esters is 1. The number of carbonyl (C=O) groups is 6. The Morgan fingerprint density at radius 2 is 1.62 bits per heavy atom. The van der Waals surface area contributed by atoms with Crippen molar-refractivity contribution < 1.29 is 72.5 Å². The maximum Gasteiger partial charge on any atom is 0.329 e. The molecule has 0 radical (unpaired) electrons. The summed E-state index contributed by atoms with van der Waals surface area (Å²) < 4.78 is 36.0. The minimum Gasteiger partial charge on any atom is -0.460 e. The molecule has 1 aliphatic carbocycles. The van der Waals surface area contributed by atoms with E-state index in [-0.39, 0.29) is 93.6 Å². The average molecular weight is 1030 g/mol. The number of methoxy groups -OCH3 is 2. The van der Waals surface area contributed by atoms with E-state index in [1.807, 2.05) is 44.2 Å². The van der Waals surface area contributed by atoms with E-state index in [9.17, 15) is 44.1 Å². The zero-order chi connectivity index (χ0) is 53.8. The van der Waals surface area contributed by atoms with Crippen molar-refractivity contribution in [1.82, 2.24) is 10.2 Å². The Morgan fingerprint density at radius 1 is 0.863 bits per heavy atom. The Labute approximate surface area is 433 Å². The molecule has 2 saturated heterocycles. The molecule has 412 valence electrons. The van der Waals surface area contributed by atoms with Crippen LogP contribution >= 0.6 is 0 Å². The number of hydrogen-bond donors (Lipinski definition) is 4. The average Bonchev–Trinajstić information content (AvgIpc) is 3.38. The first-order valence-electron chi connectivity index (χ1n) is 26.8. The van der Waals surface area contributed by atoms with Crippen LogP contribution in [0.2, 0.25) is 0 Å². The Hall–Kier alpha value is -3.94. The van der Waals surface area contributed by atoms with Gasteiger partial charge in [0, 0.05) is 71.4 Å². The number of Topliss-reactive ketones (excluding diaryl/α,β-unsaturated/α-hetero) is 3. The van der Waals surface area contributed by atoms with Crippen LogP contribution < -0.4 is 5.32 Å². The molecule has 0 aromatic heterocycles. The molecule has 0 spiro atoms. The van der Waals surface area contributed by atoms with E-state index >= 15 is 0 Å². The van der Waals surface area contributed by atoms with Crippen LogP contribution in [0.4, 0.5) is 0 Å². The summed E-state index contributed by atoms with van der Waals surface area (Å²) in [5, 5.41) is 35.6. The summed E-state index contributed by atoms with van der Waals surface area (Å²) in [5.41, 5.74) is 1.20. The van der Waals surface area contributed by atoms with Crippen LogP contribution in [0.5, 0.6) is 0 Å². The maximum atomic E-state index is 14.4. The third-order valence-electron chi connectivity index (χ3n) is 15.3. The van der Waals surface area contributed by atoms with Gasteiger partial charge in [-0.25, -0.2) is 4.79 Å². The van der Waals surface area contributed by atoms with Crippen molar-refractivity contribution >= 4 is 35.1 Å². The molecule has 0 aromatic carbocycles. The monoisotopic (exact) mass is 1030 g/mol. The number of amides is 2. The predicted molar refractivity (Wildman–Crippen MR) is 274 cm³/mol. The maximum absolute atomic E-state index is 14.4. The predicted octanol–water partition coefficient (Wildman–Crippen LogP) is 5.85. The van der Waals surface area contributed by atoms with Crippen molar-refractivity contribution in [3.05, 3.63) is 47.6 Å². The number of nitrogens with zero attached hydrogens (tertiary/aromatic N) is 1. The number of carbonyl (C=O) groups excluding carboxylic acids is 6. The van der Waals surface area contributed by atoms with E-state index in [0.29, 0.717) is 69.8 Å². The lowest BCUT2D eigenvalue weighted by Gasteiger charge is -2.42. The number of aliphatic hydroxyl groups excluding tert-OH is 2. The first kappa shape index (κ1) is 61.6. The number of ether oxygens (including phenoxy) is 6. The molecule has 4 N–H and O–H groups in total. The summed E-state index contributed by atoms with van der Waals surface area (Å²) in [6, 6.07) is -1.17. The van der Waals surface area contributed by atoms with Crippen LogP contribution in [0.3, 0.4) is 0 Å². The molecule has 17 heteroatoms. The van der Waals surface area contributed by atoms with Crippen molar-refractivity contribution in [2.45, 2.75) is 192 Å². The van der Waals surface area contributed by atoms with E-state index in [1.54, 1.807) is 47.9 Å². The van der Waals surface area contributed by atoms with Gasteiger partial charge in [0.1, 0.15) is 30.1 Å². The van der Waals surface area contributed by atoms with E-state index < -0.39 is 77.8 Å². The lowest BCUT2D eigenvalue weighted by molar-refractivity contribution is -0.266. The molecule has 2 amide bonds. The fourth-order valence-corrected chi connectivity index (χ4v) is 10.7. The van der Waals surface area contributed by atoms with Crippen molar-refractivity contribution in [1.29, 1.82) is 0 Å². The van der Waals surface area contributed by atoms with Gasteiger partial charge in [-0.1, -0.05) is 64.2 Å². The second-order valence-corrected chi connectivity index (χ2v) is 21.0. The van der Waals surface area contributed by atoms with Crippen LogP contribution in [0, 0.1) is 29.6 Å². The highest BCUT2D eigenvalue weighted by molar-refractivity contribution is 6.39. The van der Waals surface area contributed by atoms with E-state index in [1.165, 1.54) is 12.0 Å². The Morgan fingerprint density at radius 3 is 2.32 bits per heavy atom. The molecule has 3 aliphatic heterocycles. The highest BCUT2D eigenvalue weighted by Crippen LogP contribution is 2.37. The Balaban J connectivity index is 1.69. The van der Waals surface area contributed by atoms with Gasteiger partial charge in [-0.2, -0.15) is 0 Å².